The number of hydrogen-bond acceptors (Lipinski definition) is 3. The highest BCUT2D eigenvalue weighted by Gasteiger charge is 2.12. The van der Waals surface area contributed by atoms with Gasteiger partial charge < -0.3 is 20.4 Å². The largest absolute Gasteiger partial charge is 0.481 e. The number of likely N-dealkylation sites (N-methyl/N-ethyl adjacent to an activating group) is 1. The molecule has 0 aliphatic carbocycles. The quantitative estimate of drug-likeness (QED) is 0.720. The average molecular weight is 280 g/mol. The van der Waals surface area contributed by atoms with Crippen molar-refractivity contribution in [1.29, 1.82) is 0 Å². The second kappa shape index (κ2) is 7.49. The minimum Gasteiger partial charge on any atom is -0.481 e. The minimum absolute atomic E-state index is 0.0739. The van der Waals surface area contributed by atoms with Crippen LogP contribution in [0.1, 0.15) is 18.1 Å². The molecule has 0 saturated heterocycles. The molecule has 1 rings (SSSR count). The number of nitrogens with one attached hydrogen (secondary N) is 1. The van der Waals surface area contributed by atoms with E-state index in [9.17, 15) is 14.7 Å². The number of aliphatic hydroxyl groups is 1. The molecular weight excluding hydrogens is 260 g/mol. The van der Waals surface area contributed by atoms with E-state index in [0.717, 1.165) is 5.56 Å². The lowest BCUT2D eigenvalue weighted by atomic mass is 10.0. The number of rotatable bonds is 6. The van der Waals surface area contributed by atoms with Crippen LogP contribution in [-0.4, -0.2) is 46.8 Å². The van der Waals surface area contributed by atoms with Gasteiger partial charge >= 0.3 is 12.0 Å². The number of carboxylic acids is 1. The number of urea groups is 1. The first kappa shape index (κ1) is 16.0. The monoisotopic (exact) mass is 280 g/mol. The van der Waals surface area contributed by atoms with Crippen molar-refractivity contribution in [3.05, 3.63) is 35.4 Å². The lowest BCUT2D eigenvalue weighted by molar-refractivity contribution is -0.136. The summed E-state index contributed by atoms with van der Waals surface area (Å²) in [6.45, 7) is 2.10. The van der Waals surface area contributed by atoms with Crippen LogP contribution in [-0.2, 0) is 17.8 Å². The van der Waals surface area contributed by atoms with Crippen LogP contribution in [0.5, 0.6) is 0 Å². The number of aliphatic carboxylic acids is 1. The summed E-state index contributed by atoms with van der Waals surface area (Å²) in [5, 5.41) is 20.7. The van der Waals surface area contributed by atoms with Crippen LogP contribution < -0.4 is 5.32 Å². The van der Waals surface area contributed by atoms with Gasteiger partial charge in [0.1, 0.15) is 0 Å². The molecule has 2 amide bonds. The molecule has 0 aromatic heterocycles. The van der Waals surface area contributed by atoms with Crippen molar-refractivity contribution in [3.63, 3.8) is 0 Å². The Hall–Kier alpha value is -2.08. The highest BCUT2D eigenvalue weighted by atomic mass is 16.4. The number of nitrogens with zero attached hydrogens (tertiary/aromatic N) is 1. The maximum absolute atomic E-state index is 11.8. The van der Waals surface area contributed by atoms with E-state index in [1.165, 1.54) is 4.90 Å². The van der Waals surface area contributed by atoms with Crippen molar-refractivity contribution >= 4 is 12.0 Å². The summed E-state index contributed by atoms with van der Waals surface area (Å²) in [5.41, 5.74) is 1.45. The van der Waals surface area contributed by atoms with Crippen LogP contribution in [0, 0.1) is 0 Å². The van der Waals surface area contributed by atoms with Gasteiger partial charge in [-0.15, -0.1) is 0 Å². The Labute approximate surface area is 118 Å². The van der Waals surface area contributed by atoms with E-state index in [-0.39, 0.29) is 25.5 Å². The molecular formula is C14H20N2O4. The molecule has 20 heavy (non-hydrogen) atoms. The number of aliphatic hydroxyl groups excluding tert-OH is 1. The van der Waals surface area contributed by atoms with Crippen LogP contribution in [0.15, 0.2) is 24.3 Å². The average Bonchev–Trinajstić information content (AvgIpc) is 2.35. The summed E-state index contributed by atoms with van der Waals surface area (Å²) in [4.78, 5) is 23.9. The van der Waals surface area contributed by atoms with Crippen LogP contribution in [0.2, 0.25) is 0 Å². The van der Waals surface area contributed by atoms with Crippen LogP contribution in [0.4, 0.5) is 4.79 Å². The lowest BCUT2D eigenvalue weighted by Crippen LogP contribution is -2.40. The Morgan fingerprint density at radius 2 is 1.90 bits per heavy atom. The Balaban J connectivity index is 2.61. The van der Waals surface area contributed by atoms with Crippen LogP contribution >= 0.6 is 0 Å². The highest BCUT2D eigenvalue weighted by molar-refractivity contribution is 5.74. The van der Waals surface area contributed by atoms with E-state index in [2.05, 4.69) is 5.32 Å². The molecule has 6 heteroatoms. The molecule has 0 heterocycles. The molecule has 1 atom stereocenters. The maximum Gasteiger partial charge on any atom is 0.317 e. The zero-order chi connectivity index (χ0) is 15.1. The summed E-state index contributed by atoms with van der Waals surface area (Å²) in [7, 11) is 1.59. The van der Waals surface area contributed by atoms with Gasteiger partial charge in [0.15, 0.2) is 0 Å². The van der Waals surface area contributed by atoms with Gasteiger partial charge in [0.25, 0.3) is 0 Å². The van der Waals surface area contributed by atoms with Crippen molar-refractivity contribution < 1.29 is 19.8 Å². The van der Waals surface area contributed by atoms with Gasteiger partial charge in [-0.3, -0.25) is 4.79 Å². The smallest absolute Gasteiger partial charge is 0.317 e. The summed E-state index contributed by atoms with van der Waals surface area (Å²) in [5.74, 6) is -0.907. The summed E-state index contributed by atoms with van der Waals surface area (Å²) in [6.07, 6.45) is -0.666. The van der Waals surface area contributed by atoms with E-state index >= 15 is 0 Å². The van der Waals surface area contributed by atoms with Gasteiger partial charge in [-0.1, -0.05) is 24.3 Å². The predicted molar refractivity (Wildman–Crippen MR) is 74.3 cm³/mol. The topological polar surface area (TPSA) is 89.9 Å². The third kappa shape index (κ3) is 5.27. The molecule has 110 valence electrons. The number of carboxylic acid groups (broad SMARTS) is 1. The van der Waals surface area contributed by atoms with E-state index in [0.29, 0.717) is 5.56 Å². The molecule has 1 unspecified atom stereocenters. The van der Waals surface area contributed by atoms with Gasteiger partial charge in [-0.2, -0.15) is 0 Å². The molecule has 1 aromatic carbocycles. The standard InChI is InChI=1S/C14H20N2O4/c1-10(17)9-16(2)14(20)15-8-12-6-4-3-5-11(12)7-13(18)19/h3-6,10,17H,7-9H2,1-2H3,(H,15,20)(H,18,19). The second-order valence-corrected chi connectivity index (χ2v) is 4.73. The van der Waals surface area contributed by atoms with Crippen molar-refractivity contribution in [1.82, 2.24) is 10.2 Å². The molecule has 0 saturated carbocycles. The second-order valence-electron chi connectivity index (χ2n) is 4.73. The van der Waals surface area contributed by atoms with Crippen molar-refractivity contribution in [2.45, 2.75) is 26.0 Å². The number of carbonyl (C=O) groups excluding carboxylic acids is 1. The fourth-order valence-corrected chi connectivity index (χ4v) is 1.85. The van der Waals surface area contributed by atoms with Gasteiger partial charge in [-0.25, -0.2) is 4.79 Å². The molecule has 0 radical (unpaired) electrons. The Morgan fingerprint density at radius 1 is 1.30 bits per heavy atom. The third-order valence-corrected chi connectivity index (χ3v) is 2.77. The molecule has 3 N–H and O–H groups in total. The molecule has 1 aromatic rings. The molecule has 0 fully saturated rings. The highest BCUT2D eigenvalue weighted by Crippen LogP contribution is 2.09. The van der Waals surface area contributed by atoms with Gasteiger partial charge in [-0.05, 0) is 18.1 Å². The molecule has 0 aliphatic heterocycles. The molecule has 0 spiro atoms. The fourth-order valence-electron chi connectivity index (χ4n) is 1.85. The predicted octanol–water partition coefficient (Wildman–Crippen LogP) is 0.836. The molecule has 6 nitrogen and oxygen atoms in total. The summed E-state index contributed by atoms with van der Waals surface area (Å²) in [6, 6.07) is 6.77. The van der Waals surface area contributed by atoms with E-state index in [1.807, 2.05) is 0 Å². The van der Waals surface area contributed by atoms with Crippen molar-refractivity contribution in [2.75, 3.05) is 13.6 Å². The Kier molecular flexibility index (Phi) is 5.99. The SMILES string of the molecule is CC(O)CN(C)C(=O)NCc1ccccc1CC(=O)O. The number of carbonyl (C=O) groups is 2. The number of amides is 2. The maximum atomic E-state index is 11.8. The zero-order valence-electron chi connectivity index (χ0n) is 11.7. The number of hydrogen-bond donors (Lipinski definition) is 3. The minimum atomic E-state index is -0.907. The molecule has 0 aliphatic rings. The summed E-state index contributed by atoms with van der Waals surface area (Å²) >= 11 is 0. The number of benzene rings is 1. The van der Waals surface area contributed by atoms with Gasteiger partial charge in [0, 0.05) is 20.1 Å². The van der Waals surface area contributed by atoms with Gasteiger partial charge in [0.2, 0.25) is 0 Å². The first-order valence-electron chi connectivity index (χ1n) is 6.35. The van der Waals surface area contributed by atoms with Crippen molar-refractivity contribution in [2.24, 2.45) is 0 Å². The Morgan fingerprint density at radius 3 is 2.45 bits per heavy atom. The third-order valence-electron chi connectivity index (χ3n) is 2.77. The summed E-state index contributed by atoms with van der Waals surface area (Å²) < 4.78 is 0. The first-order chi connectivity index (χ1) is 9.40. The Bertz CT molecular complexity index is 474. The lowest BCUT2D eigenvalue weighted by Gasteiger charge is -2.19. The fraction of sp³-hybridized carbons (Fsp3) is 0.429. The van der Waals surface area contributed by atoms with Gasteiger partial charge in [0.05, 0.1) is 12.5 Å². The normalized spacial score (nSPS) is 11.8. The van der Waals surface area contributed by atoms with E-state index in [4.69, 9.17) is 5.11 Å². The van der Waals surface area contributed by atoms with E-state index in [1.54, 1.807) is 38.2 Å². The van der Waals surface area contributed by atoms with Crippen LogP contribution in [0.3, 0.4) is 0 Å². The van der Waals surface area contributed by atoms with Crippen molar-refractivity contribution in [3.8, 4) is 0 Å². The zero-order valence-corrected chi connectivity index (χ0v) is 11.7. The first-order valence-corrected chi connectivity index (χ1v) is 6.35. The van der Waals surface area contributed by atoms with Crippen LogP contribution in [0.25, 0.3) is 0 Å². The van der Waals surface area contributed by atoms with E-state index < -0.39 is 12.1 Å². The molecule has 0 bridgehead atoms.